The van der Waals surface area contributed by atoms with E-state index in [0.717, 1.165) is 12.8 Å². The van der Waals surface area contributed by atoms with E-state index in [0.29, 0.717) is 12.8 Å². The Balaban J connectivity index is 1.59. The molecule has 1 amide bonds. The van der Waals surface area contributed by atoms with Crippen molar-refractivity contribution in [3.8, 4) is 0 Å². The smallest absolute Gasteiger partial charge is 0.417 e. The number of nitrogens with zero attached hydrogens (tertiary/aromatic N) is 4. The Kier molecular flexibility index (Phi) is 3.85. The van der Waals surface area contributed by atoms with E-state index in [4.69, 9.17) is 8.94 Å². The Hall–Kier alpha value is -2.43. The molecule has 0 aromatic carbocycles. The number of carbonyl (C=O) groups excluding carboxylic acids is 1. The molecule has 1 aliphatic carbocycles. The van der Waals surface area contributed by atoms with Crippen LogP contribution in [-0.2, 0) is 12.1 Å². The number of aromatic nitrogens is 3. The van der Waals surface area contributed by atoms with Crippen molar-refractivity contribution in [2.45, 2.75) is 56.8 Å². The summed E-state index contributed by atoms with van der Waals surface area (Å²) < 4.78 is 49.9. The van der Waals surface area contributed by atoms with E-state index in [1.807, 2.05) is 0 Å². The number of halogens is 3. The van der Waals surface area contributed by atoms with Crippen LogP contribution in [0.3, 0.4) is 0 Å². The third-order valence-electron chi connectivity index (χ3n) is 4.97. The van der Waals surface area contributed by atoms with E-state index in [1.54, 1.807) is 6.92 Å². The first-order valence-electron chi connectivity index (χ1n) is 8.50. The third kappa shape index (κ3) is 2.89. The number of hydrogen-bond donors (Lipinski definition) is 1. The van der Waals surface area contributed by atoms with E-state index in [-0.39, 0.29) is 36.2 Å². The van der Waals surface area contributed by atoms with Crippen molar-refractivity contribution in [2.24, 2.45) is 0 Å². The van der Waals surface area contributed by atoms with Gasteiger partial charge in [-0.15, -0.1) is 10.2 Å². The van der Waals surface area contributed by atoms with Crippen molar-refractivity contribution in [1.29, 1.82) is 0 Å². The summed E-state index contributed by atoms with van der Waals surface area (Å²) in [5, 5.41) is 21.0. The fourth-order valence-electron chi connectivity index (χ4n) is 3.20. The largest absolute Gasteiger partial charge is 0.422 e. The van der Waals surface area contributed by atoms with Crippen molar-refractivity contribution in [3.05, 3.63) is 28.8 Å². The summed E-state index contributed by atoms with van der Waals surface area (Å²) >= 11 is 0. The number of rotatable bonds is 3. The van der Waals surface area contributed by atoms with E-state index < -0.39 is 29.3 Å². The predicted octanol–water partition coefficient (Wildman–Crippen LogP) is 2.46. The van der Waals surface area contributed by atoms with Gasteiger partial charge in [0.05, 0.1) is 6.54 Å². The molecule has 27 heavy (non-hydrogen) atoms. The van der Waals surface area contributed by atoms with Gasteiger partial charge in [0.15, 0.2) is 5.76 Å². The van der Waals surface area contributed by atoms with Gasteiger partial charge in [0.2, 0.25) is 11.5 Å². The lowest BCUT2D eigenvalue weighted by Gasteiger charge is -2.31. The van der Waals surface area contributed by atoms with Crippen LogP contribution in [-0.4, -0.2) is 44.0 Å². The topological polar surface area (TPSA) is 105 Å². The predicted molar refractivity (Wildman–Crippen MR) is 81.6 cm³/mol. The molecule has 0 radical (unpaired) electrons. The molecule has 2 aromatic rings. The Morgan fingerprint density at radius 1 is 1.30 bits per heavy atom. The normalized spacial score (nSPS) is 22.4. The molecule has 146 valence electrons. The molecule has 1 N–H and O–H groups in total. The molecule has 0 saturated heterocycles. The van der Waals surface area contributed by atoms with Crippen LogP contribution in [0.15, 0.2) is 8.94 Å². The molecule has 0 bridgehead atoms. The molecule has 1 fully saturated rings. The second-order valence-corrected chi connectivity index (χ2v) is 7.24. The van der Waals surface area contributed by atoms with Crippen molar-refractivity contribution in [3.63, 3.8) is 0 Å². The monoisotopic (exact) mass is 386 g/mol. The third-order valence-corrected chi connectivity index (χ3v) is 4.97. The van der Waals surface area contributed by atoms with Crippen molar-refractivity contribution in [1.82, 2.24) is 20.3 Å². The molecule has 0 spiro atoms. The summed E-state index contributed by atoms with van der Waals surface area (Å²) in [5.41, 5.74) is -3.54. The quantitative estimate of drug-likeness (QED) is 0.864. The van der Waals surface area contributed by atoms with Crippen LogP contribution in [0, 0.1) is 0 Å². The van der Waals surface area contributed by atoms with Gasteiger partial charge in [0.25, 0.3) is 0 Å². The summed E-state index contributed by atoms with van der Waals surface area (Å²) in [4.78, 5) is 14.0. The fraction of sp³-hybridized carbons (Fsp3) is 0.625. The van der Waals surface area contributed by atoms with Gasteiger partial charge in [-0.05, 0) is 19.8 Å². The number of amides is 1. The fourth-order valence-corrected chi connectivity index (χ4v) is 3.20. The minimum absolute atomic E-state index is 0.0966. The van der Waals surface area contributed by atoms with Crippen LogP contribution >= 0.6 is 0 Å². The van der Waals surface area contributed by atoms with Crippen LogP contribution in [0.4, 0.5) is 13.2 Å². The molecule has 4 rings (SSSR count). The minimum Gasteiger partial charge on any atom is -0.417 e. The number of hydrogen-bond acceptors (Lipinski definition) is 7. The van der Waals surface area contributed by atoms with E-state index in [9.17, 15) is 23.1 Å². The van der Waals surface area contributed by atoms with Crippen LogP contribution < -0.4 is 0 Å². The van der Waals surface area contributed by atoms with Gasteiger partial charge in [0.1, 0.15) is 5.69 Å². The molecule has 3 heterocycles. The summed E-state index contributed by atoms with van der Waals surface area (Å²) in [7, 11) is 0. The zero-order valence-corrected chi connectivity index (χ0v) is 14.6. The molecule has 1 saturated carbocycles. The summed E-state index contributed by atoms with van der Waals surface area (Å²) in [6.45, 7) is 2.28. The minimum atomic E-state index is -4.91. The first kappa shape index (κ1) is 18.0. The lowest BCUT2D eigenvalue weighted by atomic mass is 9.87. The maximum atomic E-state index is 13.2. The first-order valence-corrected chi connectivity index (χ1v) is 8.50. The number of aliphatic hydroxyl groups is 1. The molecular formula is C16H17F3N4O4. The SMILES string of the molecule is C[C@H]1CN(C(=O)c2nnc(C3CC3)o2)Cc2onc([C@@](C)(O)C(F)(F)F)c21. The molecule has 1 aliphatic heterocycles. The average molecular weight is 386 g/mol. The summed E-state index contributed by atoms with van der Waals surface area (Å²) in [5.74, 6) is -0.483. The Morgan fingerprint density at radius 2 is 2.00 bits per heavy atom. The number of fused-ring (bicyclic) bond motifs is 1. The Labute approximate surface area is 151 Å². The highest BCUT2D eigenvalue weighted by Crippen LogP contribution is 2.44. The van der Waals surface area contributed by atoms with Crippen molar-refractivity contribution in [2.75, 3.05) is 6.54 Å². The lowest BCUT2D eigenvalue weighted by molar-refractivity contribution is -0.261. The van der Waals surface area contributed by atoms with E-state index >= 15 is 0 Å². The van der Waals surface area contributed by atoms with Crippen LogP contribution in [0.25, 0.3) is 0 Å². The van der Waals surface area contributed by atoms with E-state index in [2.05, 4.69) is 15.4 Å². The van der Waals surface area contributed by atoms with Gasteiger partial charge in [-0.3, -0.25) is 4.79 Å². The second-order valence-electron chi connectivity index (χ2n) is 7.24. The van der Waals surface area contributed by atoms with Crippen LogP contribution in [0.2, 0.25) is 0 Å². The van der Waals surface area contributed by atoms with Gasteiger partial charge < -0.3 is 18.9 Å². The van der Waals surface area contributed by atoms with Gasteiger partial charge in [-0.2, -0.15) is 13.2 Å². The van der Waals surface area contributed by atoms with Crippen molar-refractivity contribution < 1.29 is 32.0 Å². The standard InChI is InChI=1S/C16H17F3N4O4/c1-7-5-23(14(24)13-21-20-12(26-13)8-3-4-8)6-9-10(7)11(22-27-9)15(2,25)16(17,18)19/h7-8,25H,3-6H2,1-2H3/t7-,15+/m0/s1. The highest BCUT2D eigenvalue weighted by Gasteiger charge is 2.55. The Morgan fingerprint density at radius 3 is 2.63 bits per heavy atom. The van der Waals surface area contributed by atoms with Crippen LogP contribution in [0.1, 0.15) is 72.1 Å². The zero-order valence-electron chi connectivity index (χ0n) is 14.6. The molecule has 11 heteroatoms. The van der Waals surface area contributed by atoms with E-state index in [1.165, 1.54) is 4.90 Å². The van der Waals surface area contributed by atoms with Gasteiger partial charge in [0, 0.05) is 23.9 Å². The molecule has 2 atom stereocenters. The highest BCUT2D eigenvalue weighted by atomic mass is 19.4. The van der Waals surface area contributed by atoms with Crippen LogP contribution in [0.5, 0.6) is 0 Å². The molecule has 2 aromatic heterocycles. The molecule has 8 nitrogen and oxygen atoms in total. The summed E-state index contributed by atoms with van der Waals surface area (Å²) in [6, 6.07) is 0. The summed E-state index contributed by atoms with van der Waals surface area (Å²) in [6.07, 6.45) is -3.02. The first-order chi connectivity index (χ1) is 12.6. The molecule has 2 aliphatic rings. The number of carbonyl (C=O) groups is 1. The maximum absolute atomic E-state index is 13.2. The maximum Gasteiger partial charge on any atom is 0.422 e. The zero-order chi connectivity index (χ0) is 19.6. The van der Waals surface area contributed by atoms with Crippen molar-refractivity contribution >= 4 is 5.91 Å². The van der Waals surface area contributed by atoms with Gasteiger partial charge >= 0.3 is 18.0 Å². The average Bonchev–Trinajstić information content (AvgIpc) is 3.15. The molecule has 0 unspecified atom stereocenters. The van der Waals surface area contributed by atoms with Gasteiger partial charge in [-0.25, -0.2) is 0 Å². The number of alkyl halides is 3. The molecular weight excluding hydrogens is 369 g/mol. The van der Waals surface area contributed by atoms with Gasteiger partial charge in [-0.1, -0.05) is 12.1 Å². The second kappa shape index (κ2) is 5.78. The lowest BCUT2D eigenvalue weighted by Crippen LogP contribution is -2.42. The Bertz CT molecular complexity index is 885. The highest BCUT2D eigenvalue weighted by molar-refractivity contribution is 5.89.